The SMILES string of the molecule is C[C@H]1[C@H](F)C[C@@H](C(=O)NCc2cc(Br)ncc2F)N1C(=O)OC(C)(C)C. The van der Waals surface area contributed by atoms with Crippen molar-refractivity contribution in [3.63, 3.8) is 0 Å². The molecule has 9 heteroatoms. The number of halogens is 3. The summed E-state index contributed by atoms with van der Waals surface area (Å²) in [6.45, 7) is 6.50. The molecule has 1 aromatic rings. The molecule has 6 nitrogen and oxygen atoms in total. The van der Waals surface area contributed by atoms with Gasteiger partial charge in [0.05, 0.1) is 12.2 Å². The zero-order valence-corrected chi connectivity index (χ0v) is 16.6. The molecule has 0 unspecified atom stereocenters. The monoisotopic (exact) mass is 433 g/mol. The first-order valence-corrected chi connectivity index (χ1v) is 9.02. The second kappa shape index (κ2) is 7.85. The highest BCUT2D eigenvalue weighted by Gasteiger charge is 2.46. The standard InChI is InChI=1S/C17H22BrF2N3O3/c1-9-11(19)6-13(23(9)16(25)26-17(2,3)4)15(24)22-7-10-5-14(18)21-8-12(10)20/h5,8-9,11,13H,6-7H2,1-4H3,(H,22,24)/t9-,11+,13-/m0/s1. The highest BCUT2D eigenvalue weighted by atomic mass is 79.9. The first kappa shape index (κ1) is 20.5. The number of hydrogen-bond donors (Lipinski definition) is 1. The number of hydrogen-bond acceptors (Lipinski definition) is 4. The fourth-order valence-electron chi connectivity index (χ4n) is 2.71. The van der Waals surface area contributed by atoms with Gasteiger partial charge in [-0.1, -0.05) is 0 Å². The van der Waals surface area contributed by atoms with E-state index < -0.39 is 41.7 Å². The Labute approximate surface area is 159 Å². The number of nitrogens with one attached hydrogen (secondary N) is 1. The van der Waals surface area contributed by atoms with Crippen molar-refractivity contribution in [2.45, 2.75) is 64.5 Å². The molecule has 0 bridgehead atoms. The minimum Gasteiger partial charge on any atom is -0.444 e. The third kappa shape index (κ3) is 4.90. The molecule has 0 saturated carbocycles. The summed E-state index contributed by atoms with van der Waals surface area (Å²) in [5, 5.41) is 2.55. The van der Waals surface area contributed by atoms with Gasteiger partial charge in [-0.2, -0.15) is 0 Å². The van der Waals surface area contributed by atoms with Gasteiger partial charge in [0, 0.05) is 18.5 Å². The largest absolute Gasteiger partial charge is 0.444 e. The number of ether oxygens (including phenoxy) is 1. The predicted octanol–water partition coefficient (Wildman–Crippen LogP) is 3.34. The molecule has 0 aliphatic carbocycles. The summed E-state index contributed by atoms with van der Waals surface area (Å²) in [6.07, 6.45) is -1.18. The Kier molecular flexibility index (Phi) is 6.21. The van der Waals surface area contributed by atoms with Crippen LogP contribution >= 0.6 is 15.9 Å². The Morgan fingerprint density at radius 1 is 1.46 bits per heavy atom. The Morgan fingerprint density at radius 2 is 2.12 bits per heavy atom. The van der Waals surface area contributed by atoms with Gasteiger partial charge in [-0.25, -0.2) is 18.6 Å². The maximum absolute atomic E-state index is 14.1. The van der Waals surface area contributed by atoms with Crippen LogP contribution in [0.1, 0.15) is 39.7 Å². The van der Waals surface area contributed by atoms with E-state index in [-0.39, 0.29) is 18.5 Å². The topological polar surface area (TPSA) is 71.5 Å². The summed E-state index contributed by atoms with van der Waals surface area (Å²) in [7, 11) is 0. The lowest BCUT2D eigenvalue weighted by molar-refractivity contribution is -0.126. The summed E-state index contributed by atoms with van der Waals surface area (Å²) < 4.78 is 33.6. The fraction of sp³-hybridized carbons (Fsp3) is 0.588. The van der Waals surface area contributed by atoms with E-state index in [1.165, 1.54) is 13.0 Å². The van der Waals surface area contributed by atoms with E-state index in [1.807, 2.05) is 0 Å². The second-order valence-corrected chi connectivity index (χ2v) is 8.02. The van der Waals surface area contributed by atoms with Crippen LogP contribution in [0.5, 0.6) is 0 Å². The molecule has 3 atom stereocenters. The molecule has 1 fully saturated rings. The van der Waals surface area contributed by atoms with E-state index in [0.29, 0.717) is 4.60 Å². The number of pyridine rings is 1. The molecule has 0 spiro atoms. The summed E-state index contributed by atoms with van der Waals surface area (Å²) in [6, 6.07) is -0.355. The molecular formula is C17H22BrF2N3O3. The van der Waals surface area contributed by atoms with E-state index in [1.54, 1.807) is 20.8 Å². The average Bonchev–Trinajstić information content (AvgIpc) is 2.82. The minimum absolute atomic E-state index is 0.101. The van der Waals surface area contributed by atoms with Crippen molar-refractivity contribution in [1.82, 2.24) is 15.2 Å². The maximum Gasteiger partial charge on any atom is 0.411 e. The zero-order chi connectivity index (χ0) is 19.6. The molecule has 2 rings (SSSR count). The van der Waals surface area contributed by atoms with Crippen LogP contribution in [0.25, 0.3) is 0 Å². The molecule has 2 heterocycles. The molecule has 26 heavy (non-hydrogen) atoms. The van der Waals surface area contributed by atoms with Gasteiger partial charge >= 0.3 is 6.09 Å². The summed E-state index contributed by atoms with van der Waals surface area (Å²) in [5.41, 5.74) is -0.537. The van der Waals surface area contributed by atoms with Crippen LogP contribution in [-0.4, -0.2) is 45.7 Å². The third-order valence-electron chi connectivity index (χ3n) is 4.01. The fourth-order valence-corrected chi connectivity index (χ4v) is 3.09. The number of alkyl halides is 1. The van der Waals surface area contributed by atoms with Crippen molar-refractivity contribution in [3.05, 3.63) is 28.2 Å². The van der Waals surface area contributed by atoms with E-state index >= 15 is 0 Å². The van der Waals surface area contributed by atoms with Crippen LogP contribution < -0.4 is 5.32 Å². The van der Waals surface area contributed by atoms with Gasteiger partial charge in [-0.3, -0.25) is 9.69 Å². The van der Waals surface area contributed by atoms with E-state index in [0.717, 1.165) is 11.1 Å². The first-order valence-electron chi connectivity index (χ1n) is 8.22. The Hall–Kier alpha value is -1.77. The van der Waals surface area contributed by atoms with Crippen molar-refractivity contribution in [2.24, 2.45) is 0 Å². The van der Waals surface area contributed by atoms with Gasteiger partial charge in [0.25, 0.3) is 0 Å². The highest BCUT2D eigenvalue weighted by molar-refractivity contribution is 9.10. The highest BCUT2D eigenvalue weighted by Crippen LogP contribution is 2.29. The number of aromatic nitrogens is 1. The number of carbonyl (C=O) groups excluding carboxylic acids is 2. The second-order valence-electron chi connectivity index (χ2n) is 7.21. The van der Waals surface area contributed by atoms with Crippen molar-refractivity contribution >= 4 is 27.9 Å². The number of rotatable bonds is 3. The van der Waals surface area contributed by atoms with Crippen LogP contribution in [0.15, 0.2) is 16.9 Å². The van der Waals surface area contributed by atoms with Crippen LogP contribution in [0.4, 0.5) is 13.6 Å². The Bertz CT molecular complexity index is 696. The average molecular weight is 434 g/mol. The van der Waals surface area contributed by atoms with Crippen LogP contribution in [0.3, 0.4) is 0 Å². The van der Waals surface area contributed by atoms with Gasteiger partial charge < -0.3 is 10.1 Å². The molecule has 1 aromatic heterocycles. The summed E-state index contributed by atoms with van der Waals surface area (Å²) in [5.74, 6) is -1.13. The molecule has 2 amide bonds. The number of amides is 2. The van der Waals surface area contributed by atoms with Crippen LogP contribution in [0.2, 0.25) is 0 Å². The lowest BCUT2D eigenvalue weighted by Gasteiger charge is -2.30. The van der Waals surface area contributed by atoms with Crippen molar-refractivity contribution < 1.29 is 23.1 Å². The zero-order valence-electron chi connectivity index (χ0n) is 15.1. The molecule has 1 aliphatic heterocycles. The first-order chi connectivity index (χ1) is 12.0. The molecule has 1 saturated heterocycles. The van der Waals surface area contributed by atoms with Crippen LogP contribution in [0, 0.1) is 5.82 Å². The lowest BCUT2D eigenvalue weighted by Crippen LogP contribution is -2.50. The van der Waals surface area contributed by atoms with Crippen molar-refractivity contribution in [3.8, 4) is 0 Å². The van der Waals surface area contributed by atoms with Gasteiger partial charge in [0.2, 0.25) is 5.91 Å². The van der Waals surface area contributed by atoms with E-state index in [2.05, 4.69) is 26.2 Å². The number of likely N-dealkylation sites (tertiary alicyclic amines) is 1. The van der Waals surface area contributed by atoms with Gasteiger partial charge in [-0.05, 0) is 49.7 Å². The third-order valence-corrected chi connectivity index (χ3v) is 4.44. The van der Waals surface area contributed by atoms with Gasteiger partial charge in [0.15, 0.2) is 0 Å². The van der Waals surface area contributed by atoms with Crippen molar-refractivity contribution in [2.75, 3.05) is 0 Å². The maximum atomic E-state index is 14.1. The van der Waals surface area contributed by atoms with Gasteiger partial charge in [-0.15, -0.1) is 0 Å². The molecular weight excluding hydrogens is 412 g/mol. The Morgan fingerprint density at radius 3 is 2.73 bits per heavy atom. The molecule has 0 radical (unpaired) electrons. The summed E-state index contributed by atoms with van der Waals surface area (Å²) >= 11 is 3.13. The Balaban J connectivity index is 2.10. The van der Waals surface area contributed by atoms with Crippen LogP contribution in [-0.2, 0) is 16.1 Å². The minimum atomic E-state index is -1.34. The number of nitrogens with zero attached hydrogens (tertiary/aromatic N) is 2. The normalized spacial score (nSPS) is 23.0. The molecule has 0 aromatic carbocycles. The smallest absolute Gasteiger partial charge is 0.411 e. The quantitative estimate of drug-likeness (QED) is 0.741. The predicted molar refractivity (Wildman–Crippen MR) is 94.6 cm³/mol. The van der Waals surface area contributed by atoms with Crippen molar-refractivity contribution in [1.29, 1.82) is 0 Å². The molecule has 1 aliphatic rings. The number of carbonyl (C=O) groups is 2. The molecule has 144 valence electrons. The van der Waals surface area contributed by atoms with E-state index in [4.69, 9.17) is 4.74 Å². The lowest BCUT2D eigenvalue weighted by atomic mass is 10.1. The van der Waals surface area contributed by atoms with Gasteiger partial charge in [0.1, 0.15) is 28.2 Å². The van der Waals surface area contributed by atoms with E-state index in [9.17, 15) is 18.4 Å². The molecule has 1 N–H and O–H groups in total. The summed E-state index contributed by atoms with van der Waals surface area (Å²) in [4.78, 5) is 29.8.